The molecule has 20 heavy (non-hydrogen) atoms. The molecule has 0 aliphatic heterocycles. The Bertz CT molecular complexity index is 939. The fraction of sp³-hybridized carbons (Fsp3) is 0. The number of nitrogens with zero attached hydrogens (tertiary/aromatic N) is 2. The number of nitrogens with one attached hydrogen (secondary N) is 1. The smallest absolute Gasteiger partial charge is 0.156 e. The minimum absolute atomic E-state index is 0.608. The number of hydrogen-bond acceptors (Lipinski definition) is 3. The fourth-order valence-corrected chi connectivity index (χ4v) is 2.37. The van der Waals surface area contributed by atoms with Crippen LogP contribution in [-0.4, -0.2) is 10.2 Å². The Morgan fingerprint density at radius 3 is 2.85 bits per heavy atom. The molecule has 4 aromatic rings. The van der Waals surface area contributed by atoms with E-state index in [1.54, 1.807) is 6.07 Å². The molecule has 0 bridgehead atoms. The first kappa shape index (κ1) is 10.8. The molecule has 0 aliphatic rings. The Labute approximate surface area is 114 Å². The van der Waals surface area contributed by atoms with Gasteiger partial charge < -0.3 is 4.42 Å². The summed E-state index contributed by atoms with van der Waals surface area (Å²) in [6, 6.07) is 17.4. The molecule has 2 aromatic carbocycles. The van der Waals surface area contributed by atoms with Crippen molar-refractivity contribution >= 4 is 21.9 Å². The van der Waals surface area contributed by atoms with Crippen molar-refractivity contribution in [2.75, 3.05) is 0 Å². The largest absolute Gasteiger partial charge is 0.454 e. The molecule has 0 atom stereocenters. The maximum atomic E-state index is 9.01. The zero-order valence-electron chi connectivity index (χ0n) is 10.4. The van der Waals surface area contributed by atoms with Gasteiger partial charge in [-0.15, -0.1) is 0 Å². The summed E-state index contributed by atoms with van der Waals surface area (Å²) in [5, 5.41) is 18.2. The number of hydrogen-bond donors (Lipinski definition) is 1. The van der Waals surface area contributed by atoms with E-state index in [1.165, 1.54) is 0 Å². The van der Waals surface area contributed by atoms with Gasteiger partial charge in [0.25, 0.3) is 0 Å². The third-order valence-corrected chi connectivity index (χ3v) is 3.35. The van der Waals surface area contributed by atoms with Crippen molar-refractivity contribution in [2.45, 2.75) is 0 Å². The van der Waals surface area contributed by atoms with Crippen molar-refractivity contribution in [3.63, 3.8) is 0 Å². The Hall–Kier alpha value is -3.06. The van der Waals surface area contributed by atoms with E-state index in [1.807, 2.05) is 42.5 Å². The maximum Gasteiger partial charge on any atom is 0.156 e. The summed E-state index contributed by atoms with van der Waals surface area (Å²) < 4.78 is 5.83. The topological polar surface area (TPSA) is 65.6 Å². The van der Waals surface area contributed by atoms with Crippen LogP contribution in [0.15, 0.2) is 52.9 Å². The molecule has 0 saturated heterocycles. The van der Waals surface area contributed by atoms with E-state index in [0.29, 0.717) is 11.3 Å². The summed E-state index contributed by atoms with van der Waals surface area (Å²) in [5.41, 5.74) is 3.05. The number of H-pyrrole nitrogens is 1. The second kappa shape index (κ2) is 3.97. The summed E-state index contributed by atoms with van der Waals surface area (Å²) in [7, 11) is 0. The molecule has 0 amide bonds. The Kier molecular flexibility index (Phi) is 2.15. The van der Waals surface area contributed by atoms with Crippen molar-refractivity contribution in [3.05, 3.63) is 54.1 Å². The van der Waals surface area contributed by atoms with Crippen LogP contribution in [0.4, 0.5) is 0 Å². The van der Waals surface area contributed by atoms with Crippen LogP contribution in [0, 0.1) is 11.3 Å². The molecular formula is C16H9N3O. The lowest BCUT2D eigenvalue weighted by atomic mass is 10.1. The van der Waals surface area contributed by atoms with Gasteiger partial charge in [0, 0.05) is 10.8 Å². The van der Waals surface area contributed by atoms with E-state index in [0.717, 1.165) is 27.6 Å². The number of para-hydroxylation sites is 1. The van der Waals surface area contributed by atoms with Crippen LogP contribution in [-0.2, 0) is 0 Å². The molecule has 0 spiro atoms. The van der Waals surface area contributed by atoms with Gasteiger partial charge in [0.2, 0.25) is 0 Å². The number of rotatable bonds is 1. The molecule has 2 aromatic heterocycles. The minimum Gasteiger partial charge on any atom is -0.454 e. The lowest BCUT2D eigenvalue weighted by molar-refractivity contribution is 0.629. The van der Waals surface area contributed by atoms with E-state index in [-0.39, 0.29) is 0 Å². The zero-order chi connectivity index (χ0) is 13.5. The molecule has 94 valence electrons. The highest BCUT2D eigenvalue weighted by atomic mass is 16.3. The lowest BCUT2D eigenvalue weighted by Gasteiger charge is -1.93. The summed E-state index contributed by atoms with van der Waals surface area (Å²) in [6.07, 6.45) is 0. The van der Waals surface area contributed by atoms with Gasteiger partial charge >= 0.3 is 0 Å². The molecule has 0 aliphatic carbocycles. The van der Waals surface area contributed by atoms with Gasteiger partial charge in [-0.1, -0.05) is 18.2 Å². The third kappa shape index (κ3) is 1.50. The fourth-order valence-electron chi connectivity index (χ4n) is 2.37. The Morgan fingerprint density at radius 1 is 1.10 bits per heavy atom. The van der Waals surface area contributed by atoms with Gasteiger partial charge in [0.1, 0.15) is 11.3 Å². The average Bonchev–Trinajstić information content (AvgIpc) is 3.09. The highest BCUT2D eigenvalue weighted by Gasteiger charge is 2.13. The van der Waals surface area contributed by atoms with Gasteiger partial charge in [0.05, 0.1) is 17.1 Å². The highest BCUT2D eigenvalue weighted by molar-refractivity contribution is 5.94. The number of benzene rings is 2. The number of fused-ring (bicyclic) bond motifs is 2. The van der Waals surface area contributed by atoms with Crippen LogP contribution in [0.2, 0.25) is 0 Å². The van der Waals surface area contributed by atoms with E-state index in [2.05, 4.69) is 16.3 Å². The predicted molar refractivity (Wildman–Crippen MR) is 76.0 cm³/mol. The molecule has 2 heterocycles. The summed E-state index contributed by atoms with van der Waals surface area (Å²) in [6.45, 7) is 0. The van der Waals surface area contributed by atoms with Gasteiger partial charge in [-0.3, -0.25) is 5.10 Å². The second-order valence-corrected chi connectivity index (χ2v) is 4.59. The van der Waals surface area contributed by atoms with Crippen molar-refractivity contribution in [1.29, 1.82) is 5.26 Å². The summed E-state index contributed by atoms with van der Waals surface area (Å²) in [4.78, 5) is 0. The zero-order valence-corrected chi connectivity index (χ0v) is 10.4. The molecule has 4 nitrogen and oxygen atoms in total. The minimum atomic E-state index is 0.608. The van der Waals surface area contributed by atoms with Crippen LogP contribution in [0.3, 0.4) is 0 Å². The molecule has 0 fully saturated rings. The SMILES string of the molecule is N#Cc1ccc2[nH]nc(-c3cc4ccccc4o3)c2c1. The van der Waals surface area contributed by atoms with Crippen molar-refractivity contribution in [1.82, 2.24) is 10.2 Å². The van der Waals surface area contributed by atoms with Gasteiger partial charge in [0.15, 0.2) is 5.76 Å². The first-order valence-electron chi connectivity index (χ1n) is 6.22. The van der Waals surface area contributed by atoms with Gasteiger partial charge in [-0.25, -0.2) is 0 Å². The molecule has 4 heteroatoms. The number of aromatic nitrogens is 2. The normalized spacial score (nSPS) is 10.9. The molecule has 0 unspecified atom stereocenters. The van der Waals surface area contributed by atoms with Crippen molar-refractivity contribution in [2.24, 2.45) is 0 Å². The average molecular weight is 259 g/mol. The van der Waals surface area contributed by atoms with E-state index < -0.39 is 0 Å². The van der Waals surface area contributed by atoms with E-state index in [9.17, 15) is 0 Å². The molecule has 0 saturated carbocycles. The first-order valence-corrected chi connectivity index (χ1v) is 6.22. The van der Waals surface area contributed by atoms with Crippen LogP contribution in [0.5, 0.6) is 0 Å². The van der Waals surface area contributed by atoms with E-state index >= 15 is 0 Å². The number of furan rings is 1. The van der Waals surface area contributed by atoms with Crippen LogP contribution in [0.25, 0.3) is 33.3 Å². The van der Waals surface area contributed by atoms with Gasteiger partial charge in [-0.05, 0) is 30.3 Å². The standard InChI is InChI=1S/C16H9N3O/c17-9-10-5-6-13-12(7-10)16(19-18-13)15-8-11-3-1-2-4-14(11)20-15/h1-8H,(H,18,19). The molecular weight excluding hydrogens is 250 g/mol. The third-order valence-electron chi connectivity index (χ3n) is 3.35. The summed E-state index contributed by atoms with van der Waals surface area (Å²) >= 11 is 0. The predicted octanol–water partition coefficient (Wildman–Crippen LogP) is 3.85. The van der Waals surface area contributed by atoms with E-state index in [4.69, 9.17) is 9.68 Å². The second-order valence-electron chi connectivity index (χ2n) is 4.59. The Morgan fingerprint density at radius 2 is 2.00 bits per heavy atom. The van der Waals surface area contributed by atoms with Crippen molar-refractivity contribution < 1.29 is 4.42 Å². The maximum absolute atomic E-state index is 9.01. The monoisotopic (exact) mass is 259 g/mol. The molecule has 1 N–H and O–H groups in total. The quantitative estimate of drug-likeness (QED) is 0.564. The molecule has 4 rings (SSSR count). The van der Waals surface area contributed by atoms with Crippen LogP contribution < -0.4 is 0 Å². The highest BCUT2D eigenvalue weighted by Crippen LogP contribution is 2.31. The van der Waals surface area contributed by atoms with Gasteiger partial charge in [-0.2, -0.15) is 10.4 Å². The molecule has 0 radical (unpaired) electrons. The van der Waals surface area contributed by atoms with Crippen molar-refractivity contribution in [3.8, 4) is 17.5 Å². The number of aromatic amines is 1. The lowest BCUT2D eigenvalue weighted by Crippen LogP contribution is -1.76. The van der Waals surface area contributed by atoms with Crippen LogP contribution >= 0.6 is 0 Å². The number of nitriles is 1. The Balaban J connectivity index is 1.99. The summed E-state index contributed by atoms with van der Waals surface area (Å²) in [5.74, 6) is 0.701. The first-order chi connectivity index (χ1) is 9.85. The van der Waals surface area contributed by atoms with Crippen LogP contribution in [0.1, 0.15) is 5.56 Å².